The molecule has 1 saturated heterocycles. The Hall–Kier alpha value is -1.85. The van der Waals surface area contributed by atoms with Gasteiger partial charge in [0.05, 0.1) is 6.10 Å². The van der Waals surface area contributed by atoms with Crippen LogP contribution in [0.15, 0.2) is 30.5 Å². The quantitative estimate of drug-likeness (QED) is 0.849. The van der Waals surface area contributed by atoms with Gasteiger partial charge in [-0.1, -0.05) is 25.1 Å². The van der Waals surface area contributed by atoms with Crippen LogP contribution in [0.3, 0.4) is 0 Å². The molecule has 3 rings (SSSR count). The lowest BCUT2D eigenvalue weighted by Crippen LogP contribution is -2.39. The Balaban J connectivity index is 1.76. The number of carbonyl (C=O) groups excluding carboxylic acids is 1. The monoisotopic (exact) mass is 329 g/mol. The minimum absolute atomic E-state index is 0.225. The normalized spacial score (nSPS) is 19.0. The molecular formula is C19H27N3O2. The number of hydrogen-bond donors (Lipinski definition) is 1. The van der Waals surface area contributed by atoms with Gasteiger partial charge in [0.25, 0.3) is 0 Å². The molecule has 0 saturated carbocycles. The number of para-hydroxylation sites is 1. The number of primary amides is 1. The van der Waals surface area contributed by atoms with Crippen LogP contribution in [0.5, 0.6) is 0 Å². The van der Waals surface area contributed by atoms with E-state index in [0.717, 1.165) is 44.6 Å². The van der Waals surface area contributed by atoms with E-state index >= 15 is 0 Å². The SMILES string of the molecule is CCCOC1CCCN(Cc2cn(CC(N)=O)c3ccccc23)C1. The van der Waals surface area contributed by atoms with Gasteiger partial charge < -0.3 is 15.0 Å². The average molecular weight is 329 g/mol. The van der Waals surface area contributed by atoms with Gasteiger partial charge in [0.1, 0.15) is 6.54 Å². The van der Waals surface area contributed by atoms with E-state index < -0.39 is 0 Å². The maximum atomic E-state index is 11.3. The molecule has 1 aromatic heterocycles. The number of ether oxygens (including phenoxy) is 1. The molecule has 0 radical (unpaired) electrons. The van der Waals surface area contributed by atoms with E-state index in [0.29, 0.717) is 6.10 Å². The summed E-state index contributed by atoms with van der Waals surface area (Å²) in [4.78, 5) is 13.8. The minimum atomic E-state index is -0.312. The molecule has 2 heterocycles. The van der Waals surface area contributed by atoms with Crippen molar-refractivity contribution < 1.29 is 9.53 Å². The van der Waals surface area contributed by atoms with Gasteiger partial charge in [-0.25, -0.2) is 0 Å². The summed E-state index contributed by atoms with van der Waals surface area (Å²) >= 11 is 0. The van der Waals surface area contributed by atoms with Crippen molar-refractivity contribution in [1.29, 1.82) is 0 Å². The smallest absolute Gasteiger partial charge is 0.237 e. The van der Waals surface area contributed by atoms with Crippen molar-refractivity contribution >= 4 is 16.8 Å². The van der Waals surface area contributed by atoms with Gasteiger partial charge in [-0.05, 0) is 37.4 Å². The molecule has 1 aliphatic rings. The molecule has 0 aliphatic carbocycles. The fourth-order valence-corrected chi connectivity index (χ4v) is 3.57. The van der Waals surface area contributed by atoms with Crippen LogP contribution in [0.4, 0.5) is 0 Å². The molecule has 130 valence electrons. The number of fused-ring (bicyclic) bond motifs is 1. The molecule has 5 heteroatoms. The number of carbonyl (C=O) groups is 1. The lowest BCUT2D eigenvalue weighted by atomic mass is 10.1. The molecule has 1 aliphatic heterocycles. The predicted octanol–water partition coefficient (Wildman–Crippen LogP) is 2.52. The van der Waals surface area contributed by atoms with Gasteiger partial charge in [0, 0.05) is 36.8 Å². The van der Waals surface area contributed by atoms with Crippen molar-refractivity contribution in [2.24, 2.45) is 5.73 Å². The van der Waals surface area contributed by atoms with Crippen molar-refractivity contribution in [2.75, 3.05) is 19.7 Å². The van der Waals surface area contributed by atoms with E-state index in [9.17, 15) is 4.79 Å². The van der Waals surface area contributed by atoms with Crippen LogP contribution in [0.2, 0.25) is 0 Å². The summed E-state index contributed by atoms with van der Waals surface area (Å²) in [5, 5.41) is 1.20. The molecule has 1 atom stereocenters. The number of amides is 1. The first-order chi connectivity index (χ1) is 11.7. The van der Waals surface area contributed by atoms with E-state index in [-0.39, 0.29) is 12.5 Å². The van der Waals surface area contributed by atoms with E-state index in [1.807, 2.05) is 22.8 Å². The van der Waals surface area contributed by atoms with Gasteiger partial charge in [0.2, 0.25) is 5.91 Å². The first-order valence-electron chi connectivity index (χ1n) is 8.86. The maximum absolute atomic E-state index is 11.3. The highest BCUT2D eigenvalue weighted by molar-refractivity contribution is 5.85. The van der Waals surface area contributed by atoms with Crippen LogP contribution in [0, 0.1) is 0 Å². The standard InChI is InChI=1S/C19H27N3O2/c1-2-10-24-16-6-5-9-21(13-16)11-15-12-22(14-19(20)23)18-8-4-3-7-17(15)18/h3-4,7-8,12,16H,2,5-6,9-11,13-14H2,1H3,(H2,20,23). The number of rotatable bonds is 7. The fraction of sp³-hybridized carbons (Fsp3) is 0.526. The summed E-state index contributed by atoms with van der Waals surface area (Å²) in [7, 11) is 0. The number of nitrogens with two attached hydrogens (primary N) is 1. The zero-order valence-corrected chi connectivity index (χ0v) is 14.4. The van der Waals surface area contributed by atoms with Gasteiger partial charge >= 0.3 is 0 Å². The third-order valence-corrected chi connectivity index (χ3v) is 4.61. The molecule has 0 spiro atoms. The van der Waals surface area contributed by atoms with E-state index in [1.165, 1.54) is 17.4 Å². The Morgan fingerprint density at radius 2 is 2.21 bits per heavy atom. The molecule has 1 unspecified atom stereocenters. The zero-order chi connectivity index (χ0) is 16.9. The molecule has 1 fully saturated rings. The van der Waals surface area contributed by atoms with Gasteiger partial charge in [-0.3, -0.25) is 9.69 Å². The van der Waals surface area contributed by atoms with E-state index in [2.05, 4.69) is 24.1 Å². The molecule has 2 N–H and O–H groups in total. The van der Waals surface area contributed by atoms with Crippen molar-refractivity contribution in [3.05, 3.63) is 36.0 Å². The van der Waals surface area contributed by atoms with E-state index in [4.69, 9.17) is 10.5 Å². The molecular weight excluding hydrogens is 302 g/mol. The van der Waals surface area contributed by atoms with Crippen molar-refractivity contribution in [3.8, 4) is 0 Å². The van der Waals surface area contributed by atoms with E-state index in [1.54, 1.807) is 0 Å². The predicted molar refractivity (Wildman–Crippen MR) is 95.7 cm³/mol. The Bertz CT molecular complexity index is 695. The first-order valence-corrected chi connectivity index (χ1v) is 8.86. The highest BCUT2D eigenvalue weighted by atomic mass is 16.5. The average Bonchev–Trinajstić information content (AvgIpc) is 2.91. The first kappa shape index (κ1) is 17.0. The highest BCUT2D eigenvalue weighted by Gasteiger charge is 2.21. The van der Waals surface area contributed by atoms with Crippen LogP contribution in [0.1, 0.15) is 31.7 Å². The second kappa shape index (κ2) is 7.81. The van der Waals surface area contributed by atoms with Crippen LogP contribution < -0.4 is 5.73 Å². The molecule has 2 aromatic rings. The zero-order valence-electron chi connectivity index (χ0n) is 14.4. The van der Waals surface area contributed by atoms with Crippen LogP contribution in [0.25, 0.3) is 10.9 Å². The Morgan fingerprint density at radius 3 is 3.00 bits per heavy atom. The molecule has 1 aromatic carbocycles. The maximum Gasteiger partial charge on any atom is 0.237 e. The topological polar surface area (TPSA) is 60.5 Å². The van der Waals surface area contributed by atoms with Crippen LogP contribution >= 0.6 is 0 Å². The number of aromatic nitrogens is 1. The highest BCUT2D eigenvalue weighted by Crippen LogP contribution is 2.24. The largest absolute Gasteiger partial charge is 0.377 e. The minimum Gasteiger partial charge on any atom is -0.377 e. The summed E-state index contributed by atoms with van der Waals surface area (Å²) in [5.74, 6) is -0.312. The van der Waals surface area contributed by atoms with Gasteiger partial charge in [0.15, 0.2) is 0 Å². The summed E-state index contributed by atoms with van der Waals surface area (Å²) in [5.41, 5.74) is 7.71. The lowest BCUT2D eigenvalue weighted by molar-refractivity contribution is -0.118. The summed E-state index contributed by atoms with van der Waals surface area (Å²) in [6, 6.07) is 8.21. The van der Waals surface area contributed by atoms with Crippen molar-refractivity contribution in [2.45, 2.75) is 45.4 Å². The molecule has 5 nitrogen and oxygen atoms in total. The molecule has 1 amide bonds. The summed E-state index contributed by atoms with van der Waals surface area (Å²) in [6.45, 7) is 6.18. The summed E-state index contributed by atoms with van der Waals surface area (Å²) < 4.78 is 7.90. The second-order valence-electron chi connectivity index (χ2n) is 6.64. The molecule has 24 heavy (non-hydrogen) atoms. The van der Waals surface area contributed by atoms with Crippen molar-refractivity contribution in [3.63, 3.8) is 0 Å². The third-order valence-electron chi connectivity index (χ3n) is 4.61. The lowest BCUT2D eigenvalue weighted by Gasteiger charge is -2.32. The Labute approximate surface area is 143 Å². The Kier molecular flexibility index (Phi) is 5.53. The molecule has 0 bridgehead atoms. The van der Waals surface area contributed by atoms with Crippen LogP contribution in [-0.2, 0) is 22.6 Å². The second-order valence-corrected chi connectivity index (χ2v) is 6.64. The Morgan fingerprint density at radius 1 is 1.38 bits per heavy atom. The fourth-order valence-electron chi connectivity index (χ4n) is 3.57. The number of piperidine rings is 1. The number of nitrogens with zero attached hydrogens (tertiary/aromatic N) is 2. The number of hydrogen-bond acceptors (Lipinski definition) is 3. The van der Waals surface area contributed by atoms with Gasteiger partial charge in [-0.15, -0.1) is 0 Å². The third kappa shape index (κ3) is 3.97. The van der Waals surface area contributed by atoms with Gasteiger partial charge in [-0.2, -0.15) is 0 Å². The van der Waals surface area contributed by atoms with Crippen molar-refractivity contribution in [1.82, 2.24) is 9.47 Å². The number of likely N-dealkylation sites (tertiary alicyclic amines) is 1. The van der Waals surface area contributed by atoms with Crippen LogP contribution in [-0.4, -0.2) is 41.2 Å². The number of benzene rings is 1. The summed E-state index contributed by atoms with van der Waals surface area (Å²) in [6.07, 6.45) is 5.81.